The summed E-state index contributed by atoms with van der Waals surface area (Å²) >= 11 is 0. The molecule has 102 valence electrons. The maximum atomic E-state index is 6.05. The molecular formula is C16H28N2. The third-order valence-electron chi connectivity index (χ3n) is 4.20. The number of hydrogen-bond donors (Lipinski definition) is 1. The van der Waals surface area contributed by atoms with Crippen LogP contribution in [0.15, 0.2) is 24.3 Å². The highest BCUT2D eigenvalue weighted by Crippen LogP contribution is 2.25. The van der Waals surface area contributed by atoms with Crippen LogP contribution < -0.4 is 5.73 Å². The van der Waals surface area contributed by atoms with E-state index in [9.17, 15) is 0 Å². The molecule has 0 atom stereocenters. The van der Waals surface area contributed by atoms with E-state index in [-0.39, 0.29) is 5.54 Å². The molecule has 0 saturated carbocycles. The van der Waals surface area contributed by atoms with Crippen LogP contribution in [0.5, 0.6) is 0 Å². The predicted molar refractivity (Wildman–Crippen MR) is 79.6 cm³/mol. The molecule has 0 heterocycles. The number of rotatable bonds is 7. The molecule has 2 heteroatoms. The summed E-state index contributed by atoms with van der Waals surface area (Å²) in [4.78, 5) is 2.53. The summed E-state index contributed by atoms with van der Waals surface area (Å²) < 4.78 is 0. The van der Waals surface area contributed by atoms with Gasteiger partial charge in [0.15, 0.2) is 0 Å². The van der Waals surface area contributed by atoms with Crippen molar-refractivity contribution in [3.63, 3.8) is 0 Å². The van der Waals surface area contributed by atoms with Crippen LogP contribution in [0.1, 0.15) is 44.7 Å². The van der Waals surface area contributed by atoms with Crippen molar-refractivity contribution in [1.82, 2.24) is 4.90 Å². The molecule has 2 nitrogen and oxygen atoms in total. The molecule has 0 bridgehead atoms. The van der Waals surface area contributed by atoms with Crippen LogP contribution in [0.25, 0.3) is 0 Å². The van der Waals surface area contributed by atoms with E-state index in [0.29, 0.717) is 0 Å². The van der Waals surface area contributed by atoms with E-state index >= 15 is 0 Å². The predicted octanol–water partition coefficient (Wildman–Crippen LogP) is 3.33. The molecule has 0 aliphatic rings. The van der Waals surface area contributed by atoms with E-state index in [1.54, 1.807) is 0 Å². The molecule has 18 heavy (non-hydrogen) atoms. The number of nitrogens with zero attached hydrogens (tertiary/aromatic N) is 1. The lowest BCUT2D eigenvalue weighted by atomic mass is 9.90. The molecule has 0 unspecified atom stereocenters. The van der Waals surface area contributed by atoms with Crippen molar-refractivity contribution in [1.29, 1.82) is 0 Å². The maximum absolute atomic E-state index is 6.05. The van der Waals surface area contributed by atoms with Gasteiger partial charge in [-0.25, -0.2) is 0 Å². The molecule has 0 aromatic heterocycles. The summed E-state index contributed by atoms with van der Waals surface area (Å²) in [6.07, 6.45) is 2.22. The average Bonchev–Trinajstić information content (AvgIpc) is 2.40. The van der Waals surface area contributed by atoms with Crippen molar-refractivity contribution < 1.29 is 0 Å². The highest BCUT2D eigenvalue weighted by molar-refractivity contribution is 5.22. The Kier molecular flexibility index (Phi) is 5.83. The minimum atomic E-state index is 0.151. The van der Waals surface area contributed by atoms with Crippen LogP contribution in [-0.2, 0) is 6.54 Å². The molecule has 0 amide bonds. The summed E-state index contributed by atoms with van der Waals surface area (Å²) in [5.74, 6) is 0. The number of aryl methyl sites for hydroxylation is 1. The topological polar surface area (TPSA) is 29.3 Å². The molecule has 1 aromatic carbocycles. The van der Waals surface area contributed by atoms with E-state index in [2.05, 4.69) is 56.9 Å². The molecule has 1 aromatic rings. The monoisotopic (exact) mass is 248 g/mol. The van der Waals surface area contributed by atoms with Crippen LogP contribution >= 0.6 is 0 Å². The summed E-state index contributed by atoms with van der Waals surface area (Å²) in [6.45, 7) is 11.6. The largest absolute Gasteiger partial charge is 0.329 e. The fraction of sp³-hybridized carbons (Fsp3) is 0.625. The van der Waals surface area contributed by atoms with Crippen molar-refractivity contribution in [2.45, 2.75) is 52.6 Å². The van der Waals surface area contributed by atoms with Gasteiger partial charge in [-0.15, -0.1) is 0 Å². The van der Waals surface area contributed by atoms with Gasteiger partial charge in [0.05, 0.1) is 0 Å². The van der Waals surface area contributed by atoms with E-state index in [0.717, 1.165) is 32.5 Å². The van der Waals surface area contributed by atoms with E-state index < -0.39 is 0 Å². The van der Waals surface area contributed by atoms with Gasteiger partial charge < -0.3 is 5.73 Å². The van der Waals surface area contributed by atoms with Gasteiger partial charge in [0, 0.05) is 18.6 Å². The van der Waals surface area contributed by atoms with E-state index in [4.69, 9.17) is 5.73 Å². The zero-order valence-electron chi connectivity index (χ0n) is 12.4. The molecule has 0 radical (unpaired) electrons. The Balaban J connectivity index is 2.90. The molecule has 2 N–H and O–H groups in total. The van der Waals surface area contributed by atoms with Gasteiger partial charge in [-0.2, -0.15) is 0 Å². The van der Waals surface area contributed by atoms with Gasteiger partial charge >= 0.3 is 0 Å². The average molecular weight is 248 g/mol. The molecule has 0 saturated heterocycles. The van der Waals surface area contributed by atoms with Crippen LogP contribution in [-0.4, -0.2) is 23.5 Å². The third kappa shape index (κ3) is 3.33. The summed E-state index contributed by atoms with van der Waals surface area (Å²) in [6, 6.07) is 8.77. The Morgan fingerprint density at radius 3 is 2.28 bits per heavy atom. The number of hydrogen-bond acceptors (Lipinski definition) is 2. The zero-order valence-corrected chi connectivity index (χ0v) is 12.4. The Morgan fingerprint density at radius 2 is 1.83 bits per heavy atom. The lowest BCUT2D eigenvalue weighted by Crippen LogP contribution is -2.52. The van der Waals surface area contributed by atoms with E-state index in [1.807, 2.05) is 0 Å². The minimum Gasteiger partial charge on any atom is -0.329 e. The number of benzene rings is 1. The van der Waals surface area contributed by atoms with Crippen molar-refractivity contribution in [3.05, 3.63) is 35.4 Å². The minimum absolute atomic E-state index is 0.151. The van der Waals surface area contributed by atoms with Crippen molar-refractivity contribution in [3.8, 4) is 0 Å². The van der Waals surface area contributed by atoms with Gasteiger partial charge in [-0.3, -0.25) is 4.90 Å². The molecule has 1 rings (SSSR count). The second-order valence-corrected chi connectivity index (χ2v) is 5.14. The van der Waals surface area contributed by atoms with Gasteiger partial charge in [-0.1, -0.05) is 50.6 Å². The Labute approximate surface area is 112 Å². The van der Waals surface area contributed by atoms with Crippen LogP contribution in [0.3, 0.4) is 0 Å². The first kappa shape index (κ1) is 15.2. The smallest absolute Gasteiger partial charge is 0.0329 e. The number of likely N-dealkylation sites (N-methyl/N-ethyl adjacent to an activating group) is 1. The first-order chi connectivity index (χ1) is 8.61. The van der Waals surface area contributed by atoms with Crippen LogP contribution in [0.2, 0.25) is 0 Å². The van der Waals surface area contributed by atoms with E-state index in [1.165, 1.54) is 11.1 Å². The normalized spacial score (nSPS) is 12.1. The lowest BCUT2D eigenvalue weighted by Gasteiger charge is -2.42. The molecule has 0 aliphatic carbocycles. The quantitative estimate of drug-likeness (QED) is 0.802. The molecule has 0 spiro atoms. The first-order valence-electron chi connectivity index (χ1n) is 7.12. The first-order valence-corrected chi connectivity index (χ1v) is 7.12. The summed E-state index contributed by atoms with van der Waals surface area (Å²) in [5.41, 5.74) is 8.91. The van der Waals surface area contributed by atoms with Crippen LogP contribution in [0, 0.1) is 6.92 Å². The SMILES string of the molecule is CCN(Cc1cccc(C)c1)C(CC)(CC)CN. The highest BCUT2D eigenvalue weighted by Gasteiger charge is 2.30. The lowest BCUT2D eigenvalue weighted by molar-refractivity contribution is 0.0828. The summed E-state index contributed by atoms with van der Waals surface area (Å²) in [7, 11) is 0. The van der Waals surface area contributed by atoms with Crippen molar-refractivity contribution in [2.24, 2.45) is 5.73 Å². The van der Waals surface area contributed by atoms with Gasteiger partial charge in [0.2, 0.25) is 0 Å². The fourth-order valence-electron chi connectivity index (χ4n) is 2.76. The van der Waals surface area contributed by atoms with Crippen molar-refractivity contribution in [2.75, 3.05) is 13.1 Å². The van der Waals surface area contributed by atoms with Crippen LogP contribution in [0.4, 0.5) is 0 Å². The van der Waals surface area contributed by atoms with Gasteiger partial charge in [0.1, 0.15) is 0 Å². The number of nitrogens with two attached hydrogens (primary N) is 1. The summed E-state index contributed by atoms with van der Waals surface area (Å²) in [5, 5.41) is 0. The second kappa shape index (κ2) is 6.91. The zero-order chi connectivity index (χ0) is 13.6. The van der Waals surface area contributed by atoms with Gasteiger partial charge in [-0.05, 0) is 31.9 Å². The highest BCUT2D eigenvalue weighted by atomic mass is 15.2. The van der Waals surface area contributed by atoms with Gasteiger partial charge in [0.25, 0.3) is 0 Å². The molecule has 0 fully saturated rings. The fourth-order valence-corrected chi connectivity index (χ4v) is 2.76. The third-order valence-corrected chi connectivity index (χ3v) is 4.20. The standard InChI is InChI=1S/C16H28N2/c1-5-16(6-2,13-17)18(7-3)12-15-10-8-9-14(4)11-15/h8-11H,5-7,12-13,17H2,1-4H3. The Morgan fingerprint density at radius 1 is 1.17 bits per heavy atom. The second-order valence-electron chi connectivity index (χ2n) is 5.14. The Hall–Kier alpha value is -0.860. The molecular weight excluding hydrogens is 220 g/mol. The van der Waals surface area contributed by atoms with Crippen molar-refractivity contribution >= 4 is 0 Å². The molecule has 0 aliphatic heterocycles. The maximum Gasteiger partial charge on any atom is 0.0329 e. The Bertz CT molecular complexity index is 348.